The van der Waals surface area contributed by atoms with Crippen LogP contribution in [0.5, 0.6) is 0 Å². The van der Waals surface area contributed by atoms with Crippen LogP contribution in [0.1, 0.15) is 36.8 Å². The number of amides is 3. The lowest BCUT2D eigenvalue weighted by Gasteiger charge is -2.16. The van der Waals surface area contributed by atoms with Crippen molar-refractivity contribution >= 4 is 68.2 Å². The molecule has 0 aliphatic heterocycles. The van der Waals surface area contributed by atoms with Crippen molar-refractivity contribution in [2.75, 3.05) is 17.7 Å². The Hall–Kier alpha value is -3.73. The number of carbonyl (C=O) groups is 3. The number of aryl methyl sites for hydroxylation is 1. The first-order valence-corrected chi connectivity index (χ1v) is 12.4. The summed E-state index contributed by atoms with van der Waals surface area (Å²) in [4.78, 5) is 43.6. The second-order valence-corrected chi connectivity index (χ2v) is 9.33. The van der Waals surface area contributed by atoms with Crippen LogP contribution < -0.4 is 16.0 Å². The van der Waals surface area contributed by atoms with Crippen LogP contribution in [0.4, 0.5) is 11.4 Å². The van der Waals surface area contributed by atoms with Crippen LogP contribution in [-0.4, -0.2) is 39.5 Å². The van der Waals surface area contributed by atoms with Gasteiger partial charge in [0.1, 0.15) is 5.69 Å². The standard InChI is InChI=1S/C25H19BrCl2N6O3/c1-13-11-15(27)12-16(24(36)29-2)18(13)31-25(37)20-19(32-23(35)14-7-4-3-5-8-14)21(26)33-34(20)22-17(28)9-6-10-30-22/h3-12H,1-2H3,(H,29,36)(H,31,37)(H,32,35). The Morgan fingerprint density at radius 3 is 2.30 bits per heavy atom. The fourth-order valence-corrected chi connectivity index (χ4v) is 4.49. The van der Waals surface area contributed by atoms with Gasteiger partial charge in [0.2, 0.25) is 0 Å². The zero-order valence-corrected chi connectivity index (χ0v) is 22.6. The summed E-state index contributed by atoms with van der Waals surface area (Å²) in [5.41, 5.74) is 1.34. The van der Waals surface area contributed by atoms with Crippen LogP contribution in [0.2, 0.25) is 10.0 Å². The average Bonchev–Trinajstić information content (AvgIpc) is 3.21. The summed E-state index contributed by atoms with van der Waals surface area (Å²) in [6.45, 7) is 1.70. The second-order valence-electron chi connectivity index (χ2n) is 7.73. The molecule has 0 aliphatic carbocycles. The van der Waals surface area contributed by atoms with E-state index in [4.69, 9.17) is 23.2 Å². The van der Waals surface area contributed by atoms with E-state index in [-0.39, 0.29) is 38.1 Å². The highest BCUT2D eigenvalue weighted by molar-refractivity contribution is 9.10. The lowest BCUT2D eigenvalue weighted by Crippen LogP contribution is -2.25. The van der Waals surface area contributed by atoms with E-state index >= 15 is 0 Å². The van der Waals surface area contributed by atoms with Gasteiger partial charge in [0.25, 0.3) is 17.7 Å². The molecule has 0 atom stereocenters. The number of hydrogen-bond acceptors (Lipinski definition) is 5. The van der Waals surface area contributed by atoms with Gasteiger partial charge in [-0.25, -0.2) is 9.67 Å². The van der Waals surface area contributed by atoms with Crippen LogP contribution in [0, 0.1) is 6.92 Å². The molecule has 0 saturated carbocycles. The van der Waals surface area contributed by atoms with Gasteiger partial charge in [0.15, 0.2) is 16.1 Å². The summed E-state index contributed by atoms with van der Waals surface area (Å²) in [5.74, 6) is -1.43. The summed E-state index contributed by atoms with van der Waals surface area (Å²) in [7, 11) is 1.47. The van der Waals surface area contributed by atoms with Crippen LogP contribution in [0.15, 0.2) is 65.4 Å². The highest BCUT2D eigenvalue weighted by Crippen LogP contribution is 2.32. The molecule has 0 unspecified atom stereocenters. The molecule has 188 valence electrons. The largest absolute Gasteiger partial charge is 0.355 e. The quantitative estimate of drug-likeness (QED) is 0.269. The van der Waals surface area contributed by atoms with Gasteiger partial charge in [-0.2, -0.15) is 5.10 Å². The molecule has 9 nitrogen and oxygen atoms in total. The van der Waals surface area contributed by atoms with Gasteiger partial charge in [0.05, 0.1) is 16.3 Å². The van der Waals surface area contributed by atoms with E-state index in [0.717, 1.165) is 0 Å². The van der Waals surface area contributed by atoms with Crippen molar-refractivity contribution in [3.05, 3.63) is 97.8 Å². The van der Waals surface area contributed by atoms with E-state index in [9.17, 15) is 14.4 Å². The van der Waals surface area contributed by atoms with E-state index in [1.165, 1.54) is 24.0 Å². The predicted molar refractivity (Wildman–Crippen MR) is 146 cm³/mol. The molecule has 0 radical (unpaired) electrons. The first-order valence-electron chi connectivity index (χ1n) is 10.8. The molecule has 0 aliphatic rings. The van der Waals surface area contributed by atoms with E-state index < -0.39 is 17.7 Å². The van der Waals surface area contributed by atoms with Gasteiger partial charge in [-0.05, 0) is 64.8 Å². The Bertz CT molecular complexity index is 1520. The molecule has 0 fully saturated rings. The van der Waals surface area contributed by atoms with Crippen molar-refractivity contribution in [1.82, 2.24) is 20.1 Å². The summed E-state index contributed by atoms with van der Waals surface area (Å²) >= 11 is 15.9. The molecule has 2 heterocycles. The number of halogens is 3. The Labute approximate surface area is 230 Å². The molecule has 0 saturated heterocycles. The second kappa shape index (κ2) is 11.1. The summed E-state index contributed by atoms with van der Waals surface area (Å²) in [6.07, 6.45) is 1.49. The number of benzene rings is 2. The smallest absolute Gasteiger partial charge is 0.276 e. The number of anilines is 2. The van der Waals surface area contributed by atoms with Crippen LogP contribution in [0.25, 0.3) is 5.82 Å². The molecule has 0 bridgehead atoms. The predicted octanol–water partition coefficient (Wildman–Crippen LogP) is 5.51. The molecular formula is C25H19BrCl2N6O3. The van der Waals surface area contributed by atoms with Gasteiger partial charge in [-0.3, -0.25) is 14.4 Å². The first kappa shape index (κ1) is 26.3. The molecule has 0 spiro atoms. The lowest BCUT2D eigenvalue weighted by molar-refractivity contribution is 0.0963. The SMILES string of the molecule is CNC(=O)c1cc(Cl)cc(C)c1NC(=O)c1c(NC(=O)c2ccccc2)c(Br)nn1-c1ncccc1Cl. The van der Waals surface area contributed by atoms with Gasteiger partial charge in [-0.15, -0.1) is 0 Å². The van der Waals surface area contributed by atoms with Crippen molar-refractivity contribution in [2.45, 2.75) is 6.92 Å². The van der Waals surface area contributed by atoms with Gasteiger partial charge in [0, 0.05) is 23.8 Å². The first-order chi connectivity index (χ1) is 17.7. The molecule has 3 amide bonds. The number of hydrogen-bond donors (Lipinski definition) is 3. The minimum atomic E-state index is -0.682. The fourth-order valence-electron chi connectivity index (χ4n) is 3.57. The summed E-state index contributed by atoms with van der Waals surface area (Å²) in [5, 5.41) is 13.0. The highest BCUT2D eigenvalue weighted by Gasteiger charge is 2.28. The maximum Gasteiger partial charge on any atom is 0.276 e. The zero-order valence-electron chi connectivity index (χ0n) is 19.5. The normalized spacial score (nSPS) is 10.6. The monoisotopic (exact) mass is 600 g/mol. The lowest BCUT2D eigenvalue weighted by atomic mass is 10.1. The molecule has 37 heavy (non-hydrogen) atoms. The summed E-state index contributed by atoms with van der Waals surface area (Å²) in [6, 6.07) is 14.8. The van der Waals surface area contributed by atoms with E-state index in [1.54, 1.807) is 55.5 Å². The Kier molecular flexibility index (Phi) is 7.91. The number of nitrogens with one attached hydrogen (secondary N) is 3. The third-order valence-electron chi connectivity index (χ3n) is 5.28. The zero-order chi connectivity index (χ0) is 26.7. The number of carbonyl (C=O) groups excluding carboxylic acids is 3. The highest BCUT2D eigenvalue weighted by atomic mass is 79.9. The number of pyridine rings is 1. The van der Waals surface area contributed by atoms with Crippen molar-refractivity contribution in [1.29, 1.82) is 0 Å². The molecule has 4 aromatic rings. The van der Waals surface area contributed by atoms with Crippen LogP contribution >= 0.6 is 39.1 Å². The van der Waals surface area contributed by atoms with E-state index in [2.05, 4.69) is 42.0 Å². The molecule has 4 rings (SSSR count). The number of aromatic nitrogens is 3. The van der Waals surface area contributed by atoms with E-state index in [1.807, 2.05) is 0 Å². The third kappa shape index (κ3) is 5.51. The Morgan fingerprint density at radius 1 is 0.919 bits per heavy atom. The molecule has 2 aromatic heterocycles. The van der Waals surface area contributed by atoms with Crippen LogP contribution in [-0.2, 0) is 0 Å². The molecular weight excluding hydrogens is 583 g/mol. The fraction of sp³-hybridized carbons (Fsp3) is 0.0800. The van der Waals surface area contributed by atoms with Gasteiger partial charge < -0.3 is 16.0 Å². The number of rotatable bonds is 6. The molecule has 12 heteroatoms. The van der Waals surface area contributed by atoms with Crippen molar-refractivity contribution < 1.29 is 14.4 Å². The van der Waals surface area contributed by atoms with Crippen LogP contribution in [0.3, 0.4) is 0 Å². The van der Waals surface area contributed by atoms with Gasteiger partial charge >= 0.3 is 0 Å². The minimum absolute atomic E-state index is 0.0750. The molecule has 2 aromatic carbocycles. The maximum atomic E-state index is 13.8. The molecule has 3 N–H and O–H groups in total. The van der Waals surface area contributed by atoms with Gasteiger partial charge in [-0.1, -0.05) is 41.4 Å². The Morgan fingerprint density at radius 2 is 1.62 bits per heavy atom. The van der Waals surface area contributed by atoms with Crippen molar-refractivity contribution in [2.24, 2.45) is 0 Å². The third-order valence-corrected chi connectivity index (χ3v) is 6.35. The number of nitrogens with zero attached hydrogens (tertiary/aromatic N) is 3. The topological polar surface area (TPSA) is 118 Å². The minimum Gasteiger partial charge on any atom is -0.355 e. The van der Waals surface area contributed by atoms with E-state index in [0.29, 0.717) is 16.1 Å². The maximum absolute atomic E-state index is 13.8. The van der Waals surface area contributed by atoms with Crippen molar-refractivity contribution in [3.8, 4) is 5.82 Å². The Balaban J connectivity index is 1.85. The average molecular weight is 602 g/mol. The van der Waals surface area contributed by atoms with Crippen molar-refractivity contribution in [3.63, 3.8) is 0 Å². The summed E-state index contributed by atoms with van der Waals surface area (Å²) < 4.78 is 1.38.